The number of nitrogens with zero attached hydrogens (tertiary/aromatic N) is 3. The third kappa shape index (κ3) is 13.4. The van der Waals surface area contributed by atoms with Crippen LogP contribution in [0.2, 0.25) is 0 Å². The smallest absolute Gasteiger partial charge is 0.408 e. The summed E-state index contributed by atoms with van der Waals surface area (Å²) >= 11 is 0.654. The maximum atomic E-state index is 13.5. The van der Waals surface area contributed by atoms with Crippen LogP contribution in [0.25, 0.3) is 0 Å². The van der Waals surface area contributed by atoms with E-state index < -0.39 is 56.9 Å². The van der Waals surface area contributed by atoms with E-state index in [1.807, 2.05) is 42.2 Å². The summed E-state index contributed by atoms with van der Waals surface area (Å²) in [6.45, 7) is 3.98. The van der Waals surface area contributed by atoms with Crippen LogP contribution in [-0.2, 0) is 29.7 Å². The second-order valence-electron chi connectivity index (χ2n) is 10.5. The SMILES string of the molecule is CC[C@H](NC(=O)[C@@H](Cc1ccccc1)NC(=O)c1cnccn1)B1OCCN(CCCSC(=O)NC(P(=O)(O)O)P(=O)(O)O)CCO1. The highest BCUT2D eigenvalue weighted by atomic mass is 32.2. The lowest BCUT2D eigenvalue weighted by atomic mass is 9.76. The average Bonchev–Trinajstić information content (AvgIpc) is 3.01. The van der Waals surface area contributed by atoms with E-state index >= 15 is 0 Å². The van der Waals surface area contributed by atoms with Crippen molar-refractivity contribution in [1.29, 1.82) is 0 Å². The molecule has 1 aliphatic heterocycles. The van der Waals surface area contributed by atoms with Gasteiger partial charge in [-0.3, -0.25) is 33.4 Å². The summed E-state index contributed by atoms with van der Waals surface area (Å²) in [4.78, 5) is 84.8. The van der Waals surface area contributed by atoms with Gasteiger partial charge in [0, 0.05) is 50.9 Å². The molecule has 2 heterocycles. The van der Waals surface area contributed by atoms with Crippen molar-refractivity contribution in [3.8, 4) is 0 Å². The number of hydrogen-bond donors (Lipinski definition) is 7. The quantitative estimate of drug-likeness (QED) is 0.0756. The Morgan fingerprint density at radius 2 is 1.66 bits per heavy atom. The highest BCUT2D eigenvalue weighted by molar-refractivity contribution is 8.13. The predicted molar refractivity (Wildman–Crippen MR) is 173 cm³/mol. The Labute approximate surface area is 276 Å². The van der Waals surface area contributed by atoms with Crippen molar-refractivity contribution in [3.63, 3.8) is 0 Å². The number of nitrogens with one attached hydrogen (secondary N) is 3. The second kappa shape index (κ2) is 18.7. The van der Waals surface area contributed by atoms with Crippen LogP contribution in [0, 0.1) is 0 Å². The Balaban J connectivity index is 1.48. The Morgan fingerprint density at radius 3 is 2.23 bits per heavy atom. The maximum Gasteiger partial charge on any atom is 0.480 e. The molecule has 7 N–H and O–H groups in total. The minimum Gasteiger partial charge on any atom is -0.408 e. The van der Waals surface area contributed by atoms with Crippen molar-refractivity contribution in [3.05, 3.63) is 60.2 Å². The summed E-state index contributed by atoms with van der Waals surface area (Å²) in [5.41, 5.74) is -1.66. The molecule has 2 aromatic rings. The van der Waals surface area contributed by atoms with Crippen LogP contribution in [0.1, 0.15) is 35.8 Å². The summed E-state index contributed by atoms with van der Waals surface area (Å²) in [6.07, 6.45) is 5.36. The van der Waals surface area contributed by atoms with Crippen molar-refractivity contribution in [2.45, 2.75) is 43.7 Å². The van der Waals surface area contributed by atoms with Gasteiger partial charge in [0.2, 0.25) is 11.4 Å². The Bertz CT molecular complexity index is 1380. The fourth-order valence-corrected chi connectivity index (χ4v) is 7.50. The van der Waals surface area contributed by atoms with Crippen LogP contribution in [0.15, 0.2) is 48.9 Å². The van der Waals surface area contributed by atoms with Gasteiger partial charge in [-0.2, -0.15) is 0 Å². The normalized spacial score (nSPS) is 16.1. The zero-order chi connectivity index (χ0) is 34.5. The molecule has 0 aliphatic carbocycles. The van der Waals surface area contributed by atoms with Gasteiger partial charge in [0.05, 0.1) is 12.1 Å². The van der Waals surface area contributed by atoms with Crippen LogP contribution in [0.5, 0.6) is 0 Å². The third-order valence-corrected chi connectivity index (χ3v) is 11.1. The first-order valence-corrected chi connectivity index (χ1v) is 19.0. The van der Waals surface area contributed by atoms with Crippen molar-refractivity contribution in [2.75, 3.05) is 38.6 Å². The molecule has 3 amide bonds. The molecule has 1 aliphatic rings. The molecule has 0 spiro atoms. The minimum atomic E-state index is -5.27. The first-order chi connectivity index (χ1) is 22.3. The molecule has 1 saturated heterocycles. The largest absolute Gasteiger partial charge is 0.480 e. The van der Waals surface area contributed by atoms with E-state index in [1.54, 1.807) is 5.32 Å². The summed E-state index contributed by atoms with van der Waals surface area (Å²) < 4.78 is 34.6. The van der Waals surface area contributed by atoms with Gasteiger partial charge in [0.1, 0.15) is 11.7 Å². The summed E-state index contributed by atoms with van der Waals surface area (Å²) in [5, 5.41) is 6.47. The van der Waals surface area contributed by atoms with Crippen molar-refractivity contribution in [1.82, 2.24) is 30.8 Å². The number of amides is 3. The zero-order valence-electron chi connectivity index (χ0n) is 25.6. The first kappa shape index (κ1) is 38.8. The van der Waals surface area contributed by atoms with Crippen molar-refractivity contribution >= 4 is 51.1 Å². The molecule has 0 bridgehead atoms. The van der Waals surface area contributed by atoms with Crippen LogP contribution >= 0.6 is 27.0 Å². The van der Waals surface area contributed by atoms with Gasteiger partial charge in [-0.25, -0.2) is 4.98 Å². The topological polar surface area (TPSA) is 250 Å². The minimum absolute atomic E-state index is 0.0805. The van der Waals surface area contributed by atoms with Gasteiger partial charge in [-0.1, -0.05) is 49.0 Å². The highest BCUT2D eigenvalue weighted by Crippen LogP contribution is 2.58. The molecule has 0 saturated carbocycles. The van der Waals surface area contributed by atoms with Crippen LogP contribution < -0.4 is 16.0 Å². The summed E-state index contributed by atoms with van der Waals surface area (Å²) in [6, 6.07) is 8.36. The Kier molecular flexibility index (Phi) is 15.5. The number of carbonyl (C=O) groups excluding carboxylic acids is 3. The van der Waals surface area contributed by atoms with Crippen LogP contribution in [-0.4, -0.2) is 115 Å². The molecule has 0 radical (unpaired) electrons. The molecular weight excluding hydrogens is 677 g/mol. The number of benzene rings is 1. The number of aromatic nitrogens is 2. The van der Waals surface area contributed by atoms with E-state index in [-0.39, 0.29) is 31.1 Å². The fraction of sp³-hybridized carbons (Fsp3) is 0.500. The lowest BCUT2D eigenvalue weighted by Crippen LogP contribution is -2.56. The van der Waals surface area contributed by atoms with Gasteiger partial charge in [0.15, 0.2) is 0 Å². The van der Waals surface area contributed by atoms with Crippen molar-refractivity contribution < 1.29 is 52.4 Å². The molecule has 1 aromatic heterocycles. The molecule has 3 rings (SSSR count). The van der Waals surface area contributed by atoms with Crippen LogP contribution in [0.3, 0.4) is 0 Å². The average molecular weight is 716 g/mol. The molecule has 21 heteroatoms. The second-order valence-corrected chi connectivity index (χ2v) is 15.3. The maximum absolute atomic E-state index is 13.5. The van der Waals surface area contributed by atoms with Crippen LogP contribution in [0.4, 0.5) is 4.79 Å². The summed E-state index contributed by atoms with van der Waals surface area (Å²) in [5.74, 6) is -1.24. The van der Waals surface area contributed by atoms with Gasteiger partial charge >= 0.3 is 22.3 Å². The Morgan fingerprint density at radius 1 is 1.00 bits per heavy atom. The van der Waals surface area contributed by atoms with Gasteiger partial charge in [0.25, 0.3) is 11.1 Å². The van der Waals surface area contributed by atoms with Gasteiger partial charge in [-0.05, 0) is 24.9 Å². The van der Waals surface area contributed by atoms with Gasteiger partial charge < -0.3 is 44.8 Å². The van der Waals surface area contributed by atoms with E-state index in [0.29, 0.717) is 44.2 Å². The van der Waals surface area contributed by atoms with E-state index in [9.17, 15) is 23.5 Å². The van der Waals surface area contributed by atoms with Crippen molar-refractivity contribution in [2.24, 2.45) is 0 Å². The van der Waals surface area contributed by atoms with E-state index in [2.05, 4.69) is 20.6 Å². The van der Waals surface area contributed by atoms with E-state index in [4.69, 9.17) is 28.9 Å². The first-order valence-electron chi connectivity index (χ1n) is 14.7. The monoisotopic (exact) mass is 716 g/mol. The molecule has 17 nitrogen and oxygen atoms in total. The lowest BCUT2D eigenvalue weighted by molar-refractivity contribution is -0.123. The molecule has 2 atom stereocenters. The lowest BCUT2D eigenvalue weighted by Gasteiger charge is -2.31. The number of thioether (sulfide) groups is 1. The Hall–Kier alpha value is -2.70. The number of rotatable bonds is 15. The fourth-order valence-electron chi connectivity index (χ4n) is 4.53. The molecule has 258 valence electrons. The molecular formula is C26H39BN6O11P2S. The molecule has 1 fully saturated rings. The standard InChI is InChI=1S/C26H39BN6O11P2S/c1-2-22(31-23(34)20(17-19-7-4-3-5-8-19)30-24(35)21-18-28-9-10-29-21)27-43-14-12-33(13-15-44-27)11-6-16-47-25(36)32-26(45(37,38)39)46(40,41)42/h3-5,7-10,18,20,22,26H,2,6,11-17H2,1H3,(H,30,35)(H,31,34)(H,32,36)(H2,37,38,39)(H2,40,41,42)/t20-,22+/m1/s1. The highest BCUT2D eigenvalue weighted by Gasteiger charge is 2.44. The zero-order valence-corrected chi connectivity index (χ0v) is 28.2. The molecule has 47 heavy (non-hydrogen) atoms. The number of hydrogen-bond acceptors (Lipinski definition) is 11. The third-order valence-electron chi connectivity index (χ3n) is 6.91. The molecule has 1 aromatic carbocycles. The van der Waals surface area contributed by atoms with Gasteiger partial charge in [-0.15, -0.1) is 0 Å². The summed E-state index contributed by atoms with van der Waals surface area (Å²) in [7, 11) is -11.3. The number of carbonyl (C=O) groups is 3. The van der Waals surface area contributed by atoms with E-state index in [0.717, 1.165) is 5.56 Å². The van der Waals surface area contributed by atoms with E-state index in [1.165, 1.54) is 18.6 Å². The predicted octanol–water partition coefficient (Wildman–Crippen LogP) is 0.561. The molecule has 0 unspecified atom stereocenters.